The Hall–Kier alpha value is -0.945. The van der Waals surface area contributed by atoms with E-state index in [1.165, 1.54) is 12.1 Å². The van der Waals surface area contributed by atoms with Gasteiger partial charge in [-0.1, -0.05) is 19.9 Å². The van der Waals surface area contributed by atoms with E-state index in [9.17, 15) is 14.4 Å². The van der Waals surface area contributed by atoms with Crippen molar-refractivity contribution in [1.29, 1.82) is 0 Å². The molecule has 4 nitrogen and oxygen atoms in total. The van der Waals surface area contributed by atoms with Gasteiger partial charge < -0.3 is 14.9 Å². The fourth-order valence-corrected chi connectivity index (χ4v) is 2.84. The van der Waals surface area contributed by atoms with Crippen LogP contribution < -0.4 is 5.46 Å². The molecule has 1 fully saturated rings. The van der Waals surface area contributed by atoms with Crippen molar-refractivity contribution < 1.29 is 14.4 Å². The highest BCUT2D eigenvalue weighted by atomic mass is 19.1. The predicted octanol–water partition coefficient (Wildman–Crippen LogP) is 0.279. The van der Waals surface area contributed by atoms with E-state index in [4.69, 9.17) is 0 Å². The zero-order valence-electron chi connectivity index (χ0n) is 12.8. The average Bonchev–Trinajstić information content (AvgIpc) is 2.42. The molecule has 21 heavy (non-hydrogen) atoms. The summed E-state index contributed by atoms with van der Waals surface area (Å²) in [4.78, 5) is 4.73. The molecule has 1 aromatic rings. The normalized spacial score (nSPS) is 17.4. The number of halogens is 1. The number of rotatable bonds is 5. The van der Waals surface area contributed by atoms with Gasteiger partial charge in [0.05, 0.1) is 0 Å². The van der Waals surface area contributed by atoms with Crippen molar-refractivity contribution in [2.75, 3.05) is 32.7 Å². The average molecular weight is 294 g/mol. The summed E-state index contributed by atoms with van der Waals surface area (Å²) >= 11 is 0. The lowest BCUT2D eigenvalue weighted by molar-refractivity contribution is 0.117. The molecule has 1 aromatic carbocycles. The first-order valence-electron chi connectivity index (χ1n) is 7.55. The van der Waals surface area contributed by atoms with Crippen LogP contribution in [0.2, 0.25) is 0 Å². The van der Waals surface area contributed by atoms with Crippen LogP contribution in [0.4, 0.5) is 4.39 Å². The molecule has 1 heterocycles. The predicted molar refractivity (Wildman–Crippen MR) is 82.8 cm³/mol. The highest BCUT2D eigenvalue weighted by Gasteiger charge is 2.21. The second-order valence-corrected chi connectivity index (χ2v) is 6.19. The van der Waals surface area contributed by atoms with Crippen molar-refractivity contribution in [2.24, 2.45) is 5.92 Å². The van der Waals surface area contributed by atoms with Gasteiger partial charge in [0.2, 0.25) is 0 Å². The highest BCUT2D eigenvalue weighted by Crippen LogP contribution is 2.10. The summed E-state index contributed by atoms with van der Waals surface area (Å²) in [6.45, 7) is 10.1. The van der Waals surface area contributed by atoms with Gasteiger partial charge in [-0.2, -0.15) is 0 Å². The Morgan fingerprint density at radius 3 is 2.33 bits per heavy atom. The minimum Gasteiger partial charge on any atom is -0.423 e. The number of benzene rings is 1. The molecule has 0 aliphatic carbocycles. The molecule has 1 saturated heterocycles. The first-order chi connectivity index (χ1) is 9.95. The van der Waals surface area contributed by atoms with E-state index < -0.39 is 12.9 Å². The van der Waals surface area contributed by atoms with E-state index in [1.54, 1.807) is 6.07 Å². The van der Waals surface area contributed by atoms with Crippen LogP contribution in [0.25, 0.3) is 0 Å². The molecular weight excluding hydrogens is 270 g/mol. The zero-order chi connectivity index (χ0) is 15.4. The monoisotopic (exact) mass is 294 g/mol. The van der Waals surface area contributed by atoms with Gasteiger partial charge in [-0.25, -0.2) is 4.39 Å². The molecule has 0 amide bonds. The van der Waals surface area contributed by atoms with Crippen LogP contribution in [0, 0.1) is 11.7 Å². The topological polar surface area (TPSA) is 46.9 Å². The quantitative estimate of drug-likeness (QED) is 0.766. The van der Waals surface area contributed by atoms with Gasteiger partial charge in [0.25, 0.3) is 0 Å². The Labute approximate surface area is 126 Å². The summed E-state index contributed by atoms with van der Waals surface area (Å²) < 4.78 is 13.2. The summed E-state index contributed by atoms with van der Waals surface area (Å²) in [7, 11) is -1.63. The fourth-order valence-electron chi connectivity index (χ4n) is 2.84. The van der Waals surface area contributed by atoms with Gasteiger partial charge in [-0.15, -0.1) is 0 Å². The molecule has 0 saturated carbocycles. The third-order valence-corrected chi connectivity index (χ3v) is 3.87. The first kappa shape index (κ1) is 16.4. The molecule has 1 aliphatic heterocycles. The van der Waals surface area contributed by atoms with Crippen molar-refractivity contribution in [3.8, 4) is 0 Å². The number of piperazine rings is 1. The van der Waals surface area contributed by atoms with Gasteiger partial charge in [0, 0.05) is 39.3 Å². The summed E-state index contributed by atoms with van der Waals surface area (Å²) in [5.74, 6) is 0.230. The van der Waals surface area contributed by atoms with Crippen molar-refractivity contribution in [3.63, 3.8) is 0 Å². The Morgan fingerprint density at radius 2 is 1.76 bits per heavy atom. The SMILES string of the molecule is CC(C)CN1CCN(Cc2ccc(F)cc2B(O)O)CC1. The lowest BCUT2D eigenvalue weighted by Gasteiger charge is -2.35. The van der Waals surface area contributed by atoms with Crippen molar-refractivity contribution in [3.05, 3.63) is 29.6 Å². The van der Waals surface area contributed by atoms with E-state index in [1.807, 2.05) is 0 Å². The van der Waals surface area contributed by atoms with E-state index in [0.717, 1.165) is 38.3 Å². The molecule has 2 N–H and O–H groups in total. The van der Waals surface area contributed by atoms with E-state index in [2.05, 4.69) is 23.6 Å². The molecule has 1 aliphatic rings. The molecule has 6 heteroatoms. The number of hydrogen-bond acceptors (Lipinski definition) is 4. The van der Waals surface area contributed by atoms with Gasteiger partial charge in [0.1, 0.15) is 5.82 Å². The van der Waals surface area contributed by atoms with Crippen LogP contribution in [0.1, 0.15) is 19.4 Å². The van der Waals surface area contributed by atoms with Crippen molar-refractivity contribution >= 4 is 12.6 Å². The molecular formula is C15H24BFN2O2. The van der Waals surface area contributed by atoms with Gasteiger partial charge >= 0.3 is 7.12 Å². The lowest BCUT2D eigenvalue weighted by atomic mass is 9.77. The molecule has 0 bridgehead atoms. The molecule has 0 radical (unpaired) electrons. The maximum absolute atomic E-state index is 13.2. The van der Waals surface area contributed by atoms with Crippen LogP contribution in [-0.4, -0.2) is 59.7 Å². The second kappa shape index (κ2) is 7.36. The van der Waals surface area contributed by atoms with E-state index in [0.29, 0.717) is 12.5 Å². The molecule has 0 aromatic heterocycles. The van der Waals surface area contributed by atoms with E-state index in [-0.39, 0.29) is 5.46 Å². The Kier molecular flexibility index (Phi) is 5.76. The van der Waals surface area contributed by atoms with Gasteiger partial charge in [-0.3, -0.25) is 4.90 Å². The third-order valence-electron chi connectivity index (χ3n) is 3.87. The molecule has 0 unspecified atom stereocenters. The third kappa shape index (κ3) is 4.78. The van der Waals surface area contributed by atoms with E-state index >= 15 is 0 Å². The van der Waals surface area contributed by atoms with Crippen molar-refractivity contribution in [2.45, 2.75) is 20.4 Å². The Balaban J connectivity index is 1.94. The number of nitrogens with zero attached hydrogens (tertiary/aromatic N) is 2. The number of hydrogen-bond donors (Lipinski definition) is 2. The first-order valence-corrected chi connectivity index (χ1v) is 7.55. The maximum atomic E-state index is 13.2. The van der Waals surface area contributed by atoms with Crippen LogP contribution >= 0.6 is 0 Å². The molecule has 0 spiro atoms. The molecule has 116 valence electrons. The minimum atomic E-state index is -1.63. The minimum absolute atomic E-state index is 0.264. The maximum Gasteiger partial charge on any atom is 0.488 e. The Morgan fingerprint density at radius 1 is 1.14 bits per heavy atom. The van der Waals surface area contributed by atoms with Crippen LogP contribution in [0.15, 0.2) is 18.2 Å². The zero-order valence-corrected chi connectivity index (χ0v) is 12.8. The smallest absolute Gasteiger partial charge is 0.423 e. The lowest BCUT2D eigenvalue weighted by Crippen LogP contribution is -2.47. The summed E-state index contributed by atoms with van der Waals surface area (Å²) in [5.41, 5.74) is 1.04. The Bertz CT molecular complexity index is 463. The van der Waals surface area contributed by atoms with Crippen LogP contribution in [-0.2, 0) is 6.54 Å². The van der Waals surface area contributed by atoms with Gasteiger partial charge in [-0.05, 0) is 29.1 Å². The highest BCUT2D eigenvalue weighted by molar-refractivity contribution is 6.59. The summed E-state index contributed by atoms with van der Waals surface area (Å²) in [6, 6.07) is 4.22. The van der Waals surface area contributed by atoms with Crippen LogP contribution in [0.3, 0.4) is 0 Å². The second-order valence-electron chi connectivity index (χ2n) is 6.19. The molecule has 0 atom stereocenters. The standard InChI is InChI=1S/C15H24BFN2O2/c1-12(2)10-18-5-7-19(8-6-18)11-13-3-4-14(17)9-15(13)16(20)21/h3-4,9,12,20-21H,5-8,10-11H2,1-2H3. The summed E-state index contributed by atoms with van der Waals surface area (Å²) in [5, 5.41) is 18.7. The fraction of sp³-hybridized carbons (Fsp3) is 0.600. The molecule has 2 rings (SSSR count). The summed E-state index contributed by atoms with van der Waals surface area (Å²) in [6.07, 6.45) is 0. The van der Waals surface area contributed by atoms with Crippen LogP contribution in [0.5, 0.6) is 0 Å². The van der Waals surface area contributed by atoms with Gasteiger partial charge in [0.15, 0.2) is 0 Å². The largest absolute Gasteiger partial charge is 0.488 e. The van der Waals surface area contributed by atoms with Crippen molar-refractivity contribution in [1.82, 2.24) is 9.80 Å².